The van der Waals surface area contributed by atoms with E-state index >= 15 is 0 Å². The van der Waals surface area contributed by atoms with Gasteiger partial charge >= 0.3 is 0 Å². The first kappa shape index (κ1) is 16.4. The van der Waals surface area contributed by atoms with Gasteiger partial charge < -0.3 is 10.1 Å². The zero-order valence-electron chi connectivity index (χ0n) is 11.9. The number of rotatable bonds is 6. The van der Waals surface area contributed by atoms with E-state index in [0.29, 0.717) is 16.6 Å². The molecule has 0 heterocycles. The van der Waals surface area contributed by atoms with E-state index in [1.54, 1.807) is 12.1 Å². The van der Waals surface area contributed by atoms with Crippen LogP contribution in [-0.2, 0) is 0 Å². The van der Waals surface area contributed by atoms with Crippen molar-refractivity contribution in [2.24, 2.45) is 11.0 Å². The van der Waals surface area contributed by atoms with E-state index in [2.05, 4.69) is 29.7 Å². The first-order valence-corrected chi connectivity index (χ1v) is 6.84. The third-order valence-corrected chi connectivity index (χ3v) is 2.80. The van der Waals surface area contributed by atoms with Crippen LogP contribution in [0, 0.1) is 11.7 Å². The fourth-order valence-corrected chi connectivity index (χ4v) is 1.60. The van der Waals surface area contributed by atoms with Crippen molar-refractivity contribution in [2.75, 3.05) is 13.7 Å². The highest BCUT2D eigenvalue weighted by molar-refractivity contribution is 7.80. The van der Waals surface area contributed by atoms with Gasteiger partial charge in [0.2, 0.25) is 0 Å². The van der Waals surface area contributed by atoms with Gasteiger partial charge in [-0.15, -0.1) is 0 Å². The molecule has 0 unspecified atom stereocenters. The lowest BCUT2D eigenvalue weighted by atomic mass is 10.1. The molecule has 0 atom stereocenters. The Morgan fingerprint density at radius 3 is 2.85 bits per heavy atom. The highest BCUT2D eigenvalue weighted by Crippen LogP contribution is 2.16. The Balaban J connectivity index is 2.40. The monoisotopic (exact) mass is 297 g/mol. The van der Waals surface area contributed by atoms with Crippen molar-refractivity contribution < 1.29 is 9.13 Å². The van der Waals surface area contributed by atoms with Gasteiger partial charge in [0.15, 0.2) is 16.7 Å². The third-order valence-electron chi connectivity index (χ3n) is 2.56. The molecule has 0 fully saturated rings. The van der Waals surface area contributed by atoms with Crippen LogP contribution in [0.2, 0.25) is 0 Å². The second kappa shape index (κ2) is 8.47. The highest BCUT2D eigenvalue weighted by atomic mass is 32.1. The molecule has 2 N–H and O–H groups in total. The van der Waals surface area contributed by atoms with Crippen LogP contribution in [0.25, 0.3) is 0 Å². The number of benzene rings is 1. The number of hydrogen-bond donors (Lipinski definition) is 2. The number of thiocarbonyl (C=S) groups is 1. The molecule has 0 amide bonds. The minimum absolute atomic E-state index is 0.209. The number of halogens is 1. The predicted octanol–water partition coefficient (Wildman–Crippen LogP) is 2.68. The van der Waals surface area contributed by atoms with Gasteiger partial charge in [-0.05, 0) is 48.3 Å². The summed E-state index contributed by atoms with van der Waals surface area (Å²) in [5.41, 5.74) is 3.31. The van der Waals surface area contributed by atoms with Crippen LogP contribution in [-0.4, -0.2) is 25.0 Å². The van der Waals surface area contributed by atoms with Crippen LogP contribution < -0.4 is 15.5 Å². The lowest BCUT2D eigenvalue weighted by Crippen LogP contribution is -2.33. The van der Waals surface area contributed by atoms with E-state index in [1.165, 1.54) is 19.4 Å². The molecule has 0 aliphatic carbocycles. The molecule has 110 valence electrons. The van der Waals surface area contributed by atoms with Gasteiger partial charge in [0.1, 0.15) is 0 Å². The van der Waals surface area contributed by atoms with E-state index in [-0.39, 0.29) is 5.75 Å². The van der Waals surface area contributed by atoms with Crippen LogP contribution in [0.15, 0.2) is 23.3 Å². The smallest absolute Gasteiger partial charge is 0.186 e. The van der Waals surface area contributed by atoms with Crippen LogP contribution in [0.4, 0.5) is 4.39 Å². The molecule has 1 rings (SSSR count). The number of ether oxygens (including phenoxy) is 1. The summed E-state index contributed by atoms with van der Waals surface area (Å²) in [6, 6.07) is 4.61. The van der Waals surface area contributed by atoms with E-state index in [0.717, 1.165) is 13.0 Å². The molecule has 0 radical (unpaired) electrons. The largest absolute Gasteiger partial charge is 0.494 e. The van der Waals surface area contributed by atoms with Gasteiger partial charge in [-0.3, -0.25) is 5.43 Å². The minimum atomic E-state index is -0.422. The van der Waals surface area contributed by atoms with Crippen molar-refractivity contribution in [3.8, 4) is 5.75 Å². The summed E-state index contributed by atoms with van der Waals surface area (Å²) >= 11 is 5.06. The normalized spacial score (nSPS) is 10.8. The van der Waals surface area contributed by atoms with Crippen molar-refractivity contribution in [3.63, 3.8) is 0 Å². The SMILES string of the molecule is COc1ccc(/C=N\NC(=S)NCCC(C)C)cc1F. The Morgan fingerprint density at radius 2 is 2.25 bits per heavy atom. The first-order valence-electron chi connectivity index (χ1n) is 6.43. The minimum Gasteiger partial charge on any atom is -0.494 e. The zero-order chi connectivity index (χ0) is 15.0. The molecular formula is C14H20FN3OS. The Bertz CT molecular complexity index is 477. The molecule has 0 aliphatic rings. The average molecular weight is 297 g/mol. The molecule has 0 aliphatic heterocycles. The van der Waals surface area contributed by atoms with E-state index in [1.807, 2.05) is 0 Å². The molecule has 20 heavy (non-hydrogen) atoms. The van der Waals surface area contributed by atoms with Crippen molar-refractivity contribution in [3.05, 3.63) is 29.6 Å². The Morgan fingerprint density at radius 1 is 1.50 bits per heavy atom. The number of methoxy groups -OCH3 is 1. The average Bonchev–Trinajstić information content (AvgIpc) is 2.38. The standard InChI is InChI=1S/C14H20FN3OS/c1-10(2)6-7-16-14(20)18-17-9-11-4-5-13(19-3)12(15)8-11/h4-5,8-10H,6-7H2,1-3H3,(H2,16,18,20)/b17-9-. The lowest BCUT2D eigenvalue weighted by Gasteiger charge is -2.08. The molecule has 4 nitrogen and oxygen atoms in total. The van der Waals surface area contributed by atoms with Crippen LogP contribution >= 0.6 is 12.2 Å². The summed E-state index contributed by atoms with van der Waals surface area (Å²) in [4.78, 5) is 0. The molecule has 0 bridgehead atoms. The van der Waals surface area contributed by atoms with E-state index in [9.17, 15) is 4.39 Å². The van der Waals surface area contributed by atoms with Crippen LogP contribution in [0.3, 0.4) is 0 Å². The van der Waals surface area contributed by atoms with Crippen molar-refractivity contribution >= 4 is 23.5 Å². The first-order chi connectivity index (χ1) is 9.52. The van der Waals surface area contributed by atoms with Crippen LogP contribution in [0.1, 0.15) is 25.8 Å². The van der Waals surface area contributed by atoms with Gasteiger partial charge in [-0.2, -0.15) is 5.10 Å². The second-order valence-electron chi connectivity index (χ2n) is 4.70. The van der Waals surface area contributed by atoms with Gasteiger partial charge in [0.25, 0.3) is 0 Å². The Kier molecular flexibility index (Phi) is 6.93. The molecule has 0 saturated carbocycles. The van der Waals surface area contributed by atoms with Crippen LogP contribution in [0.5, 0.6) is 5.75 Å². The number of hydrazone groups is 1. The third kappa shape index (κ3) is 5.97. The summed E-state index contributed by atoms with van der Waals surface area (Å²) in [6.07, 6.45) is 2.54. The fraction of sp³-hybridized carbons (Fsp3) is 0.429. The molecule has 1 aromatic rings. The van der Waals surface area contributed by atoms with Crippen molar-refractivity contribution in [2.45, 2.75) is 20.3 Å². The van der Waals surface area contributed by atoms with E-state index in [4.69, 9.17) is 17.0 Å². The number of hydrogen-bond acceptors (Lipinski definition) is 3. The quantitative estimate of drug-likeness (QED) is 0.481. The topological polar surface area (TPSA) is 45.6 Å². The number of nitrogens with zero attached hydrogens (tertiary/aromatic N) is 1. The summed E-state index contributed by atoms with van der Waals surface area (Å²) < 4.78 is 18.3. The molecule has 0 aromatic heterocycles. The maximum Gasteiger partial charge on any atom is 0.186 e. The summed E-state index contributed by atoms with van der Waals surface area (Å²) in [5, 5.41) is 7.45. The Labute approximate surface area is 124 Å². The van der Waals surface area contributed by atoms with E-state index < -0.39 is 5.82 Å². The molecule has 0 spiro atoms. The predicted molar refractivity (Wildman–Crippen MR) is 83.7 cm³/mol. The Hall–Kier alpha value is -1.69. The maximum absolute atomic E-state index is 13.4. The highest BCUT2D eigenvalue weighted by Gasteiger charge is 2.01. The van der Waals surface area contributed by atoms with Gasteiger partial charge in [-0.25, -0.2) is 4.39 Å². The van der Waals surface area contributed by atoms with Gasteiger partial charge in [0, 0.05) is 6.54 Å². The van der Waals surface area contributed by atoms with Gasteiger partial charge in [0.05, 0.1) is 13.3 Å². The lowest BCUT2D eigenvalue weighted by molar-refractivity contribution is 0.386. The molecule has 1 aromatic carbocycles. The second-order valence-corrected chi connectivity index (χ2v) is 5.11. The fourth-order valence-electron chi connectivity index (χ4n) is 1.44. The molecular weight excluding hydrogens is 277 g/mol. The van der Waals surface area contributed by atoms with Crippen molar-refractivity contribution in [1.29, 1.82) is 0 Å². The zero-order valence-corrected chi connectivity index (χ0v) is 12.8. The number of nitrogens with one attached hydrogen (secondary N) is 2. The maximum atomic E-state index is 13.4. The van der Waals surface area contributed by atoms with Crippen molar-refractivity contribution in [1.82, 2.24) is 10.7 Å². The summed E-state index contributed by atoms with van der Waals surface area (Å²) in [6.45, 7) is 5.10. The molecule has 0 saturated heterocycles. The molecule has 6 heteroatoms. The van der Waals surface area contributed by atoms with Gasteiger partial charge in [-0.1, -0.05) is 13.8 Å². The summed E-state index contributed by atoms with van der Waals surface area (Å²) in [5.74, 6) is 0.408. The summed E-state index contributed by atoms with van der Waals surface area (Å²) in [7, 11) is 1.43.